The van der Waals surface area contributed by atoms with E-state index >= 15 is 0 Å². The molecule has 0 spiro atoms. The molecule has 0 aliphatic heterocycles. The lowest BCUT2D eigenvalue weighted by atomic mass is 10.2. The number of pyridine rings is 1. The predicted octanol–water partition coefficient (Wildman–Crippen LogP) is 4.39. The van der Waals surface area contributed by atoms with Crippen molar-refractivity contribution in [2.24, 2.45) is 0 Å². The van der Waals surface area contributed by atoms with E-state index in [0.717, 1.165) is 9.99 Å². The summed E-state index contributed by atoms with van der Waals surface area (Å²) in [6.07, 6.45) is 3.86. The van der Waals surface area contributed by atoms with Crippen LogP contribution in [-0.4, -0.2) is 17.5 Å². The normalized spacial score (nSPS) is 10.8. The van der Waals surface area contributed by atoms with Crippen molar-refractivity contribution >= 4 is 50.8 Å². The van der Waals surface area contributed by atoms with Crippen LogP contribution < -0.4 is 10.8 Å². The Bertz CT molecular complexity index is 913. The molecule has 0 atom stereocenters. The van der Waals surface area contributed by atoms with Gasteiger partial charge in [-0.25, -0.2) is 9.87 Å². The molecule has 25 heavy (non-hydrogen) atoms. The molecule has 6 nitrogen and oxygen atoms in total. The molecule has 3 rings (SSSR count). The molecule has 0 aliphatic rings. The second-order valence-electron chi connectivity index (χ2n) is 5.21. The van der Waals surface area contributed by atoms with Gasteiger partial charge in [0, 0.05) is 16.0 Å². The van der Waals surface area contributed by atoms with Crippen molar-refractivity contribution in [2.45, 2.75) is 13.3 Å². The molecule has 0 fully saturated rings. The maximum Gasteiger partial charge on any atom is 0.312 e. The summed E-state index contributed by atoms with van der Waals surface area (Å²) < 4.78 is 20.6. The number of hydrogen-bond donors (Lipinski definition) is 2. The average molecular weight is 455 g/mol. The minimum Gasteiger partial charge on any atom is -0.448 e. The minimum absolute atomic E-state index is 0.00273. The van der Waals surface area contributed by atoms with Crippen LogP contribution >= 0.6 is 22.6 Å². The topological polar surface area (TPSA) is 76.4 Å². The maximum atomic E-state index is 14.2. The molecule has 0 saturated carbocycles. The summed E-state index contributed by atoms with van der Waals surface area (Å²) in [5.74, 6) is -0.992. The molecule has 1 aromatic carbocycles. The maximum absolute atomic E-state index is 14.2. The molecule has 0 aliphatic carbocycles. The van der Waals surface area contributed by atoms with Gasteiger partial charge in [-0.2, -0.15) is 0 Å². The van der Waals surface area contributed by atoms with Crippen LogP contribution in [0.4, 0.5) is 15.8 Å². The monoisotopic (exact) mass is 455 g/mol. The van der Waals surface area contributed by atoms with Crippen molar-refractivity contribution in [3.05, 3.63) is 51.8 Å². The Morgan fingerprint density at radius 3 is 3.00 bits per heavy atom. The van der Waals surface area contributed by atoms with Gasteiger partial charge in [-0.15, -0.1) is 0 Å². The number of rotatable bonds is 6. The third-order valence-corrected chi connectivity index (χ3v) is 4.03. The fourth-order valence-electron chi connectivity index (χ4n) is 2.22. The van der Waals surface area contributed by atoms with Crippen molar-refractivity contribution in [1.82, 2.24) is 10.5 Å². The summed E-state index contributed by atoms with van der Waals surface area (Å²) in [6.45, 7) is 2.30. The molecule has 0 radical (unpaired) electrons. The number of benzene rings is 1. The zero-order valence-electron chi connectivity index (χ0n) is 13.3. The number of hydroxylamine groups is 1. The largest absolute Gasteiger partial charge is 0.448 e. The molecule has 2 aromatic heterocycles. The molecule has 130 valence electrons. The van der Waals surface area contributed by atoms with Gasteiger partial charge in [-0.3, -0.25) is 14.6 Å². The van der Waals surface area contributed by atoms with E-state index in [-0.39, 0.29) is 11.4 Å². The van der Waals surface area contributed by atoms with Gasteiger partial charge in [0.05, 0.1) is 17.7 Å². The Morgan fingerprint density at radius 1 is 1.40 bits per heavy atom. The van der Waals surface area contributed by atoms with Crippen LogP contribution in [0.1, 0.15) is 23.9 Å². The third-order valence-electron chi connectivity index (χ3n) is 3.36. The standard InChI is InChI=1S/C17H15FIN3O3/c1-2-7-24-22-17(23)16-15(11-9-20-6-5-14(11)25-16)21-13-4-3-10(19)8-12(13)18/h3-6,8-9,21H,2,7H2,1H3,(H,22,23). The molecule has 0 unspecified atom stereocenters. The number of fused-ring (bicyclic) bond motifs is 1. The van der Waals surface area contributed by atoms with Crippen LogP contribution in [0.25, 0.3) is 11.0 Å². The van der Waals surface area contributed by atoms with E-state index in [9.17, 15) is 9.18 Å². The first-order valence-electron chi connectivity index (χ1n) is 7.61. The number of nitrogens with one attached hydrogen (secondary N) is 2. The molecule has 8 heteroatoms. The molecular weight excluding hydrogens is 440 g/mol. The SMILES string of the molecule is CCCONC(=O)c1oc2ccncc2c1Nc1ccc(I)cc1F. The van der Waals surface area contributed by atoms with Crippen LogP contribution in [0.3, 0.4) is 0 Å². The van der Waals surface area contributed by atoms with E-state index in [1.807, 2.05) is 29.5 Å². The third kappa shape index (κ3) is 3.90. The van der Waals surface area contributed by atoms with Crippen molar-refractivity contribution in [2.75, 3.05) is 11.9 Å². The summed E-state index contributed by atoms with van der Waals surface area (Å²) in [5, 5.41) is 3.50. The van der Waals surface area contributed by atoms with Crippen LogP contribution in [0, 0.1) is 9.39 Å². The van der Waals surface area contributed by atoms with Gasteiger partial charge < -0.3 is 9.73 Å². The van der Waals surface area contributed by atoms with Crippen molar-refractivity contribution < 1.29 is 18.4 Å². The Kier molecular flexibility index (Phi) is 5.49. The van der Waals surface area contributed by atoms with E-state index in [4.69, 9.17) is 9.25 Å². The van der Waals surface area contributed by atoms with E-state index in [2.05, 4.69) is 15.8 Å². The van der Waals surface area contributed by atoms with Crippen LogP contribution in [0.2, 0.25) is 0 Å². The Balaban J connectivity index is 1.99. The Labute approximate surface area is 156 Å². The zero-order chi connectivity index (χ0) is 17.8. The number of carbonyl (C=O) groups is 1. The molecular formula is C17H15FIN3O3. The lowest BCUT2D eigenvalue weighted by Crippen LogP contribution is -2.24. The number of furan rings is 1. The first kappa shape index (κ1) is 17.6. The fraction of sp³-hybridized carbons (Fsp3) is 0.176. The highest BCUT2D eigenvalue weighted by Gasteiger charge is 2.22. The van der Waals surface area contributed by atoms with Gasteiger partial charge >= 0.3 is 5.91 Å². The van der Waals surface area contributed by atoms with Gasteiger partial charge in [0.15, 0.2) is 0 Å². The number of hydrogen-bond acceptors (Lipinski definition) is 5. The first-order valence-corrected chi connectivity index (χ1v) is 8.68. The highest BCUT2D eigenvalue weighted by Crippen LogP contribution is 2.33. The molecule has 1 amide bonds. The van der Waals surface area contributed by atoms with Gasteiger partial charge in [-0.05, 0) is 53.3 Å². The Morgan fingerprint density at radius 2 is 2.24 bits per heavy atom. The summed E-state index contributed by atoms with van der Waals surface area (Å²) in [7, 11) is 0. The van der Waals surface area contributed by atoms with E-state index in [0.29, 0.717) is 23.3 Å². The first-order chi connectivity index (χ1) is 12.1. The summed E-state index contributed by atoms with van der Waals surface area (Å²) in [5.41, 5.74) is 3.35. The van der Waals surface area contributed by atoms with Crippen LogP contribution in [-0.2, 0) is 4.84 Å². The van der Waals surface area contributed by atoms with Crippen molar-refractivity contribution in [1.29, 1.82) is 0 Å². The lowest BCUT2D eigenvalue weighted by molar-refractivity contribution is 0.0295. The fourth-order valence-corrected chi connectivity index (χ4v) is 2.67. The van der Waals surface area contributed by atoms with Crippen molar-refractivity contribution in [3.63, 3.8) is 0 Å². The van der Waals surface area contributed by atoms with Gasteiger partial charge in [0.1, 0.15) is 17.1 Å². The number of anilines is 2. The highest BCUT2D eigenvalue weighted by molar-refractivity contribution is 14.1. The quantitative estimate of drug-likeness (QED) is 0.328. The zero-order valence-corrected chi connectivity index (χ0v) is 15.5. The van der Waals surface area contributed by atoms with E-state index in [1.54, 1.807) is 30.6 Å². The average Bonchev–Trinajstić information content (AvgIpc) is 2.96. The molecule has 3 aromatic rings. The molecule has 0 bridgehead atoms. The second kappa shape index (κ2) is 7.79. The minimum atomic E-state index is -0.557. The smallest absolute Gasteiger partial charge is 0.312 e. The van der Waals surface area contributed by atoms with Crippen molar-refractivity contribution in [3.8, 4) is 0 Å². The van der Waals surface area contributed by atoms with Crippen LogP contribution in [0.15, 0.2) is 41.1 Å². The van der Waals surface area contributed by atoms with E-state index in [1.165, 1.54) is 6.07 Å². The number of carbonyl (C=O) groups excluding carboxylic acids is 1. The predicted molar refractivity (Wildman–Crippen MR) is 100 cm³/mol. The number of amides is 1. The summed E-state index contributed by atoms with van der Waals surface area (Å²) >= 11 is 2.03. The number of aromatic nitrogens is 1. The summed E-state index contributed by atoms with van der Waals surface area (Å²) in [4.78, 5) is 21.5. The van der Waals surface area contributed by atoms with Gasteiger partial charge in [-0.1, -0.05) is 6.92 Å². The van der Waals surface area contributed by atoms with Gasteiger partial charge in [0.25, 0.3) is 0 Å². The molecule has 2 heterocycles. The van der Waals surface area contributed by atoms with Gasteiger partial charge in [0.2, 0.25) is 5.76 Å². The number of nitrogens with zero attached hydrogens (tertiary/aromatic N) is 1. The summed E-state index contributed by atoms with van der Waals surface area (Å²) in [6, 6.07) is 6.39. The molecule has 0 saturated heterocycles. The van der Waals surface area contributed by atoms with E-state index < -0.39 is 11.7 Å². The lowest BCUT2D eigenvalue weighted by Gasteiger charge is -2.09. The number of halogens is 2. The van der Waals surface area contributed by atoms with Crippen LogP contribution in [0.5, 0.6) is 0 Å². The highest BCUT2D eigenvalue weighted by atomic mass is 127. The molecule has 2 N–H and O–H groups in total. The Hall–Kier alpha value is -2.20. The second-order valence-corrected chi connectivity index (χ2v) is 6.45.